The minimum Gasteiger partial charge on any atom is -0.462 e. The van der Waals surface area contributed by atoms with E-state index < -0.39 is 5.97 Å². The van der Waals surface area contributed by atoms with Crippen molar-refractivity contribution in [3.8, 4) is 0 Å². The Labute approximate surface area is 70.6 Å². The third-order valence-corrected chi connectivity index (χ3v) is 1.06. The van der Waals surface area contributed by atoms with Gasteiger partial charge in [0.15, 0.2) is 0 Å². The zero-order valence-electron chi connectivity index (χ0n) is 7.15. The summed E-state index contributed by atoms with van der Waals surface area (Å²) in [4.78, 5) is 13.4. The number of hydrogen-bond acceptors (Lipinski definition) is 3. The van der Waals surface area contributed by atoms with Crippen LogP contribution < -0.4 is 0 Å². The quantitative estimate of drug-likeness (QED) is 0.212. The van der Waals surface area contributed by atoms with Gasteiger partial charge in [-0.15, -0.1) is 0 Å². The molecule has 0 bridgehead atoms. The van der Waals surface area contributed by atoms with Crippen molar-refractivity contribution in [3.63, 3.8) is 0 Å². The normalized spacial score (nSPS) is 10.3. The van der Waals surface area contributed by atoms with Crippen LogP contribution in [0.25, 0.3) is 10.4 Å². The highest BCUT2D eigenvalue weighted by atomic mass is 16.5. The molecular weight excluding hydrogens is 158 g/mol. The maximum absolute atomic E-state index is 10.9. The Hall–Kier alpha value is -1.48. The second-order valence-electron chi connectivity index (χ2n) is 2.15. The lowest BCUT2D eigenvalue weighted by molar-refractivity contribution is -0.138. The Morgan fingerprint density at radius 2 is 2.42 bits per heavy atom. The van der Waals surface area contributed by atoms with Crippen molar-refractivity contribution < 1.29 is 9.53 Å². The average molecular weight is 169 g/mol. The maximum atomic E-state index is 10.9. The van der Waals surface area contributed by atoms with Gasteiger partial charge in [-0.1, -0.05) is 12.0 Å². The second kappa shape index (κ2) is 6.24. The maximum Gasteiger partial charge on any atom is 0.333 e. The Morgan fingerprint density at radius 3 is 2.92 bits per heavy atom. The number of carbonyl (C=O) groups excluding carboxylic acids is 1. The van der Waals surface area contributed by atoms with E-state index in [1.165, 1.54) is 6.92 Å². The largest absolute Gasteiger partial charge is 0.462 e. The lowest BCUT2D eigenvalue weighted by Gasteiger charge is -2.00. The van der Waals surface area contributed by atoms with E-state index in [4.69, 9.17) is 10.3 Å². The first kappa shape index (κ1) is 10.5. The number of hydrogen-bond donors (Lipinski definition) is 0. The predicted molar refractivity (Wildman–Crippen MR) is 44.2 cm³/mol. The van der Waals surface area contributed by atoms with Crippen LogP contribution in [0.2, 0.25) is 0 Å². The molecule has 0 aliphatic rings. The minimum atomic E-state index is -0.441. The van der Waals surface area contributed by atoms with Crippen molar-refractivity contribution in [2.45, 2.75) is 20.3 Å². The first-order chi connectivity index (χ1) is 5.72. The van der Waals surface area contributed by atoms with Crippen molar-refractivity contribution >= 4 is 5.97 Å². The second-order valence-corrected chi connectivity index (χ2v) is 2.15. The highest BCUT2D eigenvalue weighted by Crippen LogP contribution is 1.97. The highest BCUT2D eigenvalue weighted by molar-refractivity contribution is 5.87. The molecule has 0 atom stereocenters. The van der Waals surface area contributed by atoms with Crippen LogP contribution in [-0.4, -0.2) is 12.6 Å². The smallest absolute Gasteiger partial charge is 0.333 e. The van der Waals surface area contributed by atoms with Crippen molar-refractivity contribution in [1.29, 1.82) is 0 Å². The molecule has 0 spiro atoms. The van der Waals surface area contributed by atoms with E-state index in [-0.39, 0.29) is 0 Å². The molecule has 0 saturated heterocycles. The molecule has 0 aromatic rings. The number of rotatable bonds is 4. The van der Waals surface area contributed by atoms with E-state index >= 15 is 0 Å². The van der Waals surface area contributed by atoms with Crippen molar-refractivity contribution in [2.75, 3.05) is 6.61 Å². The molecule has 0 N–H and O–H groups in total. The number of nitrogens with zero attached hydrogens (tertiary/aromatic N) is 3. The van der Waals surface area contributed by atoms with Crippen LogP contribution in [0, 0.1) is 0 Å². The Kier molecular flexibility index (Phi) is 5.47. The number of carbonyl (C=O) groups is 1. The van der Waals surface area contributed by atoms with Crippen LogP contribution in [0.3, 0.4) is 0 Å². The molecule has 0 amide bonds. The highest BCUT2D eigenvalue weighted by Gasteiger charge is 2.02. The molecule has 0 fully saturated rings. The topological polar surface area (TPSA) is 75.1 Å². The van der Waals surface area contributed by atoms with E-state index in [1.54, 1.807) is 0 Å². The van der Waals surface area contributed by atoms with Gasteiger partial charge in [-0.3, -0.25) is 0 Å². The van der Waals surface area contributed by atoms with Gasteiger partial charge in [-0.05, 0) is 18.9 Å². The van der Waals surface area contributed by atoms with Crippen LogP contribution in [0.5, 0.6) is 0 Å². The molecule has 0 heterocycles. The SMILES string of the molecule is CCCOC(=O)C(C)=CN=[N+]=[N-]. The van der Waals surface area contributed by atoms with Crippen LogP contribution in [0.4, 0.5) is 0 Å². The first-order valence-corrected chi connectivity index (χ1v) is 3.60. The summed E-state index contributed by atoms with van der Waals surface area (Å²) in [5, 5.41) is 3.12. The fourth-order valence-electron chi connectivity index (χ4n) is 0.474. The minimum absolute atomic E-state index is 0.307. The standard InChI is InChI=1S/C7H11N3O2/c1-3-4-12-7(11)6(2)5-9-10-8/h5H,3-4H2,1-2H3. The fourth-order valence-corrected chi connectivity index (χ4v) is 0.474. The van der Waals surface area contributed by atoms with E-state index in [2.05, 4.69) is 10.0 Å². The molecule has 0 aromatic heterocycles. The van der Waals surface area contributed by atoms with Crippen LogP contribution in [0.15, 0.2) is 16.9 Å². The monoisotopic (exact) mass is 169 g/mol. The van der Waals surface area contributed by atoms with Crippen molar-refractivity contribution in [2.24, 2.45) is 5.11 Å². The lowest BCUT2D eigenvalue weighted by Crippen LogP contribution is -2.05. The Bertz CT molecular complexity index is 229. The molecule has 0 radical (unpaired) electrons. The summed E-state index contributed by atoms with van der Waals surface area (Å²) in [5.41, 5.74) is 8.24. The van der Waals surface area contributed by atoms with E-state index in [1.807, 2.05) is 6.92 Å². The van der Waals surface area contributed by atoms with Gasteiger partial charge < -0.3 is 4.74 Å². The molecule has 0 rings (SSSR count). The van der Waals surface area contributed by atoms with Gasteiger partial charge in [0.25, 0.3) is 0 Å². The summed E-state index contributed by atoms with van der Waals surface area (Å²) in [6, 6.07) is 0. The summed E-state index contributed by atoms with van der Waals surface area (Å²) >= 11 is 0. The molecule has 0 aliphatic heterocycles. The van der Waals surface area contributed by atoms with Gasteiger partial charge in [-0.25, -0.2) is 4.79 Å². The van der Waals surface area contributed by atoms with Gasteiger partial charge in [0.1, 0.15) is 0 Å². The van der Waals surface area contributed by atoms with E-state index in [9.17, 15) is 4.79 Å². The first-order valence-electron chi connectivity index (χ1n) is 3.60. The number of esters is 1. The zero-order valence-corrected chi connectivity index (χ0v) is 7.15. The molecule has 0 saturated carbocycles. The molecule has 5 heteroatoms. The molecule has 0 unspecified atom stereocenters. The molecular formula is C7H11N3O2. The third-order valence-electron chi connectivity index (χ3n) is 1.06. The molecule has 0 aliphatic carbocycles. The summed E-state index contributed by atoms with van der Waals surface area (Å²) in [7, 11) is 0. The van der Waals surface area contributed by atoms with Gasteiger partial charge in [0.2, 0.25) is 0 Å². The van der Waals surface area contributed by atoms with E-state index in [0.29, 0.717) is 12.2 Å². The molecule has 12 heavy (non-hydrogen) atoms. The average Bonchev–Trinajstić information content (AvgIpc) is 2.10. The molecule has 5 nitrogen and oxygen atoms in total. The molecule has 0 aromatic carbocycles. The number of azide groups is 1. The van der Waals surface area contributed by atoms with Gasteiger partial charge >= 0.3 is 5.97 Å². The van der Waals surface area contributed by atoms with E-state index in [0.717, 1.165) is 12.6 Å². The van der Waals surface area contributed by atoms with Crippen molar-refractivity contribution in [3.05, 3.63) is 22.2 Å². The van der Waals surface area contributed by atoms with Crippen LogP contribution in [0.1, 0.15) is 20.3 Å². The predicted octanol–water partition coefficient (Wildman–Crippen LogP) is 2.15. The van der Waals surface area contributed by atoms with Crippen molar-refractivity contribution in [1.82, 2.24) is 0 Å². The lowest BCUT2D eigenvalue weighted by atomic mass is 10.3. The Morgan fingerprint density at radius 1 is 1.75 bits per heavy atom. The Balaban J connectivity index is 4.00. The third kappa shape index (κ3) is 4.35. The molecule has 66 valence electrons. The summed E-state index contributed by atoms with van der Waals surface area (Å²) in [6.07, 6.45) is 1.92. The van der Waals surface area contributed by atoms with Crippen LogP contribution in [-0.2, 0) is 9.53 Å². The van der Waals surface area contributed by atoms with Gasteiger partial charge in [0.05, 0.1) is 6.61 Å². The summed E-state index contributed by atoms with van der Waals surface area (Å²) in [6.45, 7) is 3.83. The van der Waals surface area contributed by atoms with Gasteiger partial charge in [-0.2, -0.15) is 0 Å². The zero-order chi connectivity index (χ0) is 9.40. The summed E-state index contributed by atoms with van der Waals surface area (Å²) in [5.74, 6) is -0.441. The van der Waals surface area contributed by atoms with Crippen LogP contribution >= 0.6 is 0 Å². The fraction of sp³-hybridized carbons (Fsp3) is 0.571. The number of ether oxygens (including phenoxy) is 1. The van der Waals surface area contributed by atoms with Gasteiger partial charge in [0, 0.05) is 16.7 Å². The summed E-state index contributed by atoms with van der Waals surface area (Å²) < 4.78 is 4.76.